The van der Waals surface area contributed by atoms with Gasteiger partial charge in [-0.15, -0.1) is 0 Å². The second-order valence-corrected chi connectivity index (χ2v) is 7.81. The van der Waals surface area contributed by atoms with Crippen LogP contribution in [-0.2, 0) is 16.4 Å². The molecule has 0 bridgehead atoms. The number of benzene rings is 2. The standard InChI is InChI=1S/C17H15FN4O4S/c1-27(25,26)17-9-13(3-5-16(17)22(23)24)20-10-12-2-4-15(14(18)8-12)21-7-6-19-11-21/h2-9,11,20H,10H2,1H3. The van der Waals surface area contributed by atoms with Crippen molar-refractivity contribution in [2.24, 2.45) is 0 Å². The minimum absolute atomic E-state index is 0.210. The Hall–Kier alpha value is -3.27. The Labute approximate surface area is 154 Å². The lowest BCUT2D eigenvalue weighted by molar-refractivity contribution is -0.387. The van der Waals surface area contributed by atoms with Crippen molar-refractivity contribution in [3.05, 3.63) is 76.6 Å². The summed E-state index contributed by atoms with van der Waals surface area (Å²) < 4.78 is 39.4. The van der Waals surface area contributed by atoms with E-state index in [0.29, 0.717) is 16.9 Å². The number of rotatable bonds is 6. The van der Waals surface area contributed by atoms with E-state index in [4.69, 9.17) is 0 Å². The summed E-state index contributed by atoms with van der Waals surface area (Å²) in [5, 5.41) is 13.9. The van der Waals surface area contributed by atoms with Crippen molar-refractivity contribution in [2.45, 2.75) is 11.4 Å². The number of aromatic nitrogens is 2. The van der Waals surface area contributed by atoms with Gasteiger partial charge in [0.05, 0.1) is 16.9 Å². The number of anilines is 1. The molecule has 1 heterocycles. The first-order valence-corrected chi connectivity index (χ1v) is 9.64. The first kappa shape index (κ1) is 18.5. The van der Waals surface area contributed by atoms with Crippen molar-refractivity contribution in [2.75, 3.05) is 11.6 Å². The molecule has 0 unspecified atom stereocenters. The lowest BCUT2D eigenvalue weighted by Crippen LogP contribution is -2.06. The minimum atomic E-state index is -3.77. The summed E-state index contributed by atoms with van der Waals surface area (Å²) >= 11 is 0. The summed E-state index contributed by atoms with van der Waals surface area (Å²) in [5.41, 5.74) is 0.862. The summed E-state index contributed by atoms with van der Waals surface area (Å²) in [6.07, 6.45) is 5.56. The number of hydrogen-bond donors (Lipinski definition) is 1. The van der Waals surface area contributed by atoms with Crippen molar-refractivity contribution < 1.29 is 17.7 Å². The predicted molar refractivity (Wildman–Crippen MR) is 97.1 cm³/mol. The summed E-state index contributed by atoms with van der Waals surface area (Å²) in [7, 11) is -3.77. The molecule has 0 amide bonds. The van der Waals surface area contributed by atoms with E-state index >= 15 is 0 Å². The quantitative estimate of drug-likeness (QED) is 0.512. The highest BCUT2D eigenvalue weighted by molar-refractivity contribution is 7.90. The van der Waals surface area contributed by atoms with Crippen LogP contribution in [0.3, 0.4) is 0 Å². The number of nitro groups is 1. The largest absolute Gasteiger partial charge is 0.381 e. The zero-order valence-corrected chi connectivity index (χ0v) is 15.0. The average molecular weight is 390 g/mol. The van der Waals surface area contributed by atoms with Crippen LogP contribution in [0.2, 0.25) is 0 Å². The van der Waals surface area contributed by atoms with Crippen LogP contribution >= 0.6 is 0 Å². The van der Waals surface area contributed by atoms with Crippen molar-refractivity contribution in [3.63, 3.8) is 0 Å². The maximum atomic E-state index is 14.3. The van der Waals surface area contributed by atoms with Gasteiger partial charge in [0.1, 0.15) is 10.7 Å². The molecule has 0 fully saturated rings. The Bertz CT molecular complexity index is 1100. The third-order valence-electron chi connectivity index (χ3n) is 3.85. The number of imidazole rings is 1. The highest BCUT2D eigenvalue weighted by atomic mass is 32.2. The molecule has 8 nitrogen and oxygen atoms in total. The van der Waals surface area contributed by atoms with Crippen LogP contribution in [0.5, 0.6) is 0 Å². The van der Waals surface area contributed by atoms with E-state index < -0.39 is 26.3 Å². The first-order chi connectivity index (χ1) is 12.8. The zero-order chi connectivity index (χ0) is 19.6. The Balaban J connectivity index is 1.81. The Morgan fingerprint density at radius 1 is 1.26 bits per heavy atom. The van der Waals surface area contributed by atoms with Crippen LogP contribution in [0.1, 0.15) is 5.56 Å². The van der Waals surface area contributed by atoms with Gasteiger partial charge in [0.2, 0.25) is 0 Å². The van der Waals surface area contributed by atoms with E-state index in [1.807, 2.05) is 0 Å². The molecule has 1 aromatic heterocycles. The second-order valence-electron chi connectivity index (χ2n) is 5.82. The molecule has 3 rings (SSSR count). The minimum Gasteiger partial charge on any atom is -0.381 e. The van der Waals surface area contributed by atoms with Crippen molar-refractivity contribution in [3.8, 4) is 5.69 Å². The average Bonchev–Trinajstić information content (AvgIpc) is 3.13. The molecule has 1 N–H and O–H groups in total. The Kier molecular flexibility index (Phi) is 4.91. The smallest absolute Gasteiger partial charge is 0.288 e. The predicted octanol–water partition coefficient (Wildman–Crippen LogP) is 2.94. The van der Waals surface area contributed by atoms with Crippen LogP contribution in [-0.4, -0.2) is 29.1 Å². The number of nitrogens with one attached hydrogen (secondary N) is 1. The van der Waals surface area contributed by atoms with E-state index in [1.165, 1.54) is 24.5 Å². The van der Waals surface area contributed by atoms with Gasteiger partial charge in [-0.05, 0) is 29.8 Å². The molecule has 0 saturated heterocycles. The van der Waals surface area contributed by atoms with E-state index in [-0.39, 0.29) is 11.4 Å². The Morgan fingerprint density at radius 3 is 2.63 bits per heavy atom. The number of hydrogen-bond acceptors (Lipinski definition) is 6. The Morgan fingerprint density at radius 2 is 2.04 bits per heavy atom. The fraction of sp³-hybridized carbons (Fsp3) is 0.118. The third-order valence-corrected chi connectivity index (χ3v) is 4.97. The maximum absolute atomic E-state index is 14.3. The molecule has 0 saturated carbocycles. The monoisotopic (exact) mass is 390 g/mol. The van der Waals surface area contributed by atoms with Crippen molar-refractivity contribution >= 4 is 21.2 Å². The van der Waals surface area contributed by atoms with E-state index in [0.717, 1.165) is 12.3 Å². The second kappa shape index (κ2) is 7.16. The van der Waals surface area contributed by atoms with E-state index in [2.05, 4.69) is 10.3 Å². The van der Waals surface area contributed by atoms with Gasteiger partial charge >= 0.3 is 0 Å². The molecule has 0 atom stereocenters. The first-order valence-electron chi connectivity index (χ1n) is 7.75. The van der Waals surface area contributed by atoms with Gasteiger partial charge in [-0.25, -0.2) is 17.8 Å². The fourth-order valence-electron chi connectivity index (χ4n) is 2.55. The maximum Gasteiger partial charge on any atom is 0.288 e. The van der Waals surface area contributed by atoms with Crippen LogP contribution in [0.4, 0.5) is 15.8 Å². The van der Waals surface area contributed by atoms with Crippen molar-refractivity contribution in [1.82, 2.24) is 9.55 Å². The molecule has 2 aromatic carbocycles. The van der Waals surface area contributed by atoms with Crippen LogP contribution in [0, 0.1) is 15.9 Å². The van der Waals surface area contributed by atoms with E-state index in [1.54, 1.807) is 29.1 Å². The molecule has 0 radical (unpaired) electrons. The highest BCUT2D eigenvalue weighted by Gasteiger charge is 2.22. The molecule has 0 aliphatic carbocycles. The van der Waals surface area contributed by atoms with Crippen LogP contribution < -0.4 is 5.32 Å². The van der Waals surface area contributed by atoms with Crippen molar-refractivity contribution in [1.29, 1.82) is 0 Å². The number of sulfone groups is 1. The number of halogens is 1. The SMILES string of the molecule is CS(=O)(=O)c1cc(NCc2ccc(-n3ccnc3)c(F)c2)ccc1[N+](=O)[O-]. The molecular formula is C17H15FN4O4S. The van der Waals surface area contributed by atoms with Gasteiger partial charge in [-0.3, -0.25) is 10.1 Å². The van der Waals surface area contributed by atoms with Gasteiger partial charge in [0.25, 0.3) is 5.69 Å². The summed E-state index contributed by atoms with van der Waals surface area (Å²) in [6.45, 7) is 0.210. The van der Waals surface area contributed by atoms with Gasteiger partial charge in [-0.1, -0.05) is 6.07 Å². The zero-order valence-electron chi connectivity index (χ0n) is 14.2. The van der Waals surface area contributed by atoms with Gasteiger partial charge in [0, 0.05) is 36.9 Å². The normalized spacial score (nSPS) is 11.3. The molecule has 10 heteroatoms. The summed E-state index contributed by atoms with van der Waals surface area (Å²) in [5.74, 6) is -0.437. The molecular weight excluding hydrogens is 375 g/mol. The van der Waals surface area contributed by atoms with Crippen LogP contribution in [0.25, 0.3) is 5.69 Å². The lowest BCUT2D eigenvalue weighted by atomic mass is 10.2. The molecule has 0 spiro atoms. The van der Waals surface area contributed by atoms with Gasteiger partial charge in [-0.2, -0.15) is 0 Å². The van der Waals surface area contributed by atoms with Crippen LogP contribution in [0.15, 0.2) is 60.0 Å². The molecule has 27 heavy (non-hydrogen) atoms. The van der Waals surface area contributed by atoms with Gasteiger partial charge in [0.15, 0.2) is 9.84 Å². The topological polar surface area (TPSA) is 107 Å². The summed E-state index contributed by atoms with van der Waals surface area (Å²) in [6, 6.07) is 8.40. The fourth-order valence-corrected chi connectivity index (χ4v) is 3.41. The number of nitrogens with zero attached hydrogens (tertiary/aromatic N) is 3. The van der Waals surface area contributed by atoms with E-state index in [9.17, 15) is 22.9 Å². The highest BCUT2D eigenvalue weighted by Crippen LogP contribution is 2.27. The van der Waals surface area contributed by atoms with Gasteiger partial charge < -0.3 is 9.88 Å². The lowest BCUT2D eigenvalue weighted by Gasteiger charge is -2.10. The molecule has 140 valence electrons. The molecule has 0 aliphatic heterocycles. The molecule has 3 aromatic rings. The number of nitro benzene ring substituents is 1. The summed E-state index contributed by atoms with van der Waals surface area (Å²) in [4.78, 5) is 13.7. The third kappa shape index (κ3) is 4.11. The molecule has 0 aliphatic rings.